The number of piperidine rings is 1. The van der Waals surface area contributed by atoms with E-state index in [0.717, 1.165) is 24.9 Å². The Morgan fingerprint density at radius 2 is 1.52 bits per heavy atom. The zero-order valence-corrected chi connectivity index (χ0v) is 16.0. The first kappa shape index (κ1) is 19.8. The Morgan fingerprint density at radius 1 is 1.09 bits per heavy atom. The fourth-order valence-corrected chi connectivity index (χ4v) is 3.20. The number of carbonyl (C=O) groups excluding carboxylic acids is 2. The minimum Gasteiger partial charge on any atom is -0.444 e. The average Bonchev–Trinajstić information content (AvgIpc) is 2.68. The van der Waals surface area contributed by atoms with Crippen molar-refractivity contribution < 1.29 is 14.3 Å². The number of ether oxygens (including phenoxy) is 1. The molecule has 2 aliphatic rings. The van der Waals surface area contributed by atoms with E-state index in [0.29, 0.717) is 17.7 Å². The zero-order valence-electron chi connectivity index (χ0n) is 16.0. The number of rotatable bonds is 1. The van der Waals surface area contributed by atoms with Crippen molar-refractivity contribution in [3.63, 3.8) is 0 Å². The fraction of sp³-hybridized carbons (Fsp3) is 0.889. The van der Waals surface area contributed by atoms with Gasteiger partial charge in [0.2, 0.25) is 5.91 Å². The molecule has 5 heteroatoms. The zero-order chi connectivity index (χ0) is 18.2. The normalized spacial score (nSPS) is 25.1. The van der Waals surface area contributed by atoms with Crippen LogP contribution in [0.2, 0.25) is 0 Å². The van der Waals surface area contributed by atoms with Gasteiger partial charge >= 0.3 is 6.09 Å². The van der Waals surface area contributed by atoms with Gasteiger partial charge in [-0.15, -0.1) is 0 Å². The summed E-state index contributed by atoms with van der Waals surface area (Å²) in [4.78, 5) is 24.1. The molecule has 1 aliphatic carbocycles. The highest BCUT2D eigenvalue weighted by atomic mass is 16.6. The number of primary amides is 1. The monoisotopic (exact) mass is 326 g/mol. The number of nitrogens with two attached hydrogens (primary N) is 1. The molecule has 1 aliphatic heterocycles. The first-order valence-corrected chi connectivity index (χ1v) is 8.40. The molecule has 0 aromatic rings. The average molecular weight is 326 g/mol. The lowest BCUT2D eigenvalue weighted by molar-refractivity contribution is -0.132. The summed E-state index contributed by atoms with van der Waals surface area (Å²) in [5.74, 6) is 1.91. The van der Waals surface area contributed by atoms with Gasteiger partial charge in [0.1, 0.15) is 5.60 Å². The van der Waals surface area contributed by atoms with E-state index in [1.54, 1.807) is 20.8 Å². The molecule has 23 heavy (non-hydrogen) atoms. The number of fused-ring (bicyclic) bond motifs is 1. The van der Waals surface area contributed by atoms with Gasteiger partial charge in [-0.1, -0.05) is 34.6 Å². The highest BCUT2D eigenvalue weighted by molar-refractivity contribution is 5.77. The molecule has 2 unspecified atom stereocenters. The van der Waals surface area contributed by atoms with Gasteiger partial charge in [-0.05, 0) is 43.4 Å². The van der Waals surface area contributed by atoms with Gasteiger partial charge in [-0.25, -0.2) is 4.79 Å². The highest BCUT2D eigenvalue weighted by Gasteiger charge is 2.62. The lowest BCUT2D eigenvalue weighted by Crippen LogP contribution is -2.35. The minimum atomic E-state index is -0.725. The Morgan fingerprint density at radius 3 is 1.78 bits per heavy atom. The van der Waals surface area contributed by atoms with Crippen LogP contribution in [0.25, 0.3) is 0 Å². The molecule has 0 radical (unpaired) electrons. The van der Waals surface area contributed by atoms with Crippen LogP contribution in [0.15, 0.2) is 0 Å². The van der Waals surface area contributed by atoms with Gasteiger partial charge < -0.3 is 15.4 Å². The Hall–Kier alpha value is -1.26. The summed E-state index contributed by atoms with van der Waals surface area (Å²) in [6.07, 6.45) is -0.0372. The quantitative estimate of drug-likeness (QED) is 0.802. The molecule has 1 saturated carbocycles. The lowest BCUT2D eigenvalue weighted by atomic mass is 9.91. The molecule has 1 saturated heterocycles. The summed E-state index contributed by atoms with van der Waals surface area (Å²) < 4.78 is 4.58. The molecule has 1 heterocycles. The van der Waals surface area contributed by atoms with Gasteiger partial charge in [0, 0.05) is 19.5 Å². The number of likely N-dealkylation sites (tertiary alicyclic amines) is 1. The minimum absolute atomic E-state index is 0.124. The van der Waals surface area contributed by atoms with E-state index >= 15 is 0 Å². The fourth-order valence-electron chi connectivity index (χ4n) is 3.20. The van der Waals surface area contributed by atoms with E-state index in [-0.39, 0.29) is 5.41 Å². The van der Waals surface area contributed by atoms with E-state index in [2.05, 4.69) is 44.3 Å². The number of hydrogen-bond donors (Lipinski definition) is 1. The van der Waals surface area contributed by atoms with Gasteiger partial charge in [0.15, 0.2) is 0 Å². The summed E-state index contributed by atoms with van der Waals surface area (Å²) >= 11 is 0. The third-order valence-electron chi connectivity index (χ3n) is 4.56. The number of amides is 2. The number of nitrogens with zero attached hydrogens (tertiary/aromatic N) is 1. The molecule has 0 aromatic carbocycles. The van der Waals surface area contributed by atoms with Crippen LogP contribution < -0.4 is 5.73 Å². The van der Waals surface area contributed by atoms with Crippen molar-refractivity contribution in [2.45, 2.75) is 67.4 Å². The van der Waals surface area contributed by atoms with Gasteiger partial charge in [0.25, 0.3) is 0 Å². The Bertz CT molecular complexity index is 444. The van der Waals surface area contributed by atoms with Crippen LogP contribution >= 0.6 is 0 Å². The number of hydrogen-bond acceptors (Lipinski definition) is 3. The van der Waals surface area contributed by atoms with Crippen LogP contribution in [-0.2, 0) is 9.53 Å². The highest BCUT2D eigenvalue weighted by Crippen LogP contribution is 2.62. The molecule has 2 rings (SSSR count). The molecule has 2 atom stereocenters. The van der Waals surface area contributed by atoms with Crippen LogP contribution in [0.5, 0.6) is 0 Å². The Labute approximate surface area is 140 Å². The molecular formula is C18H34N2O3. The van der Waals surface area contributed by atoms with Crippen LogP contribution in [0.1, 0.15) is 61.8 Å². The summed E-state index contributed by atoms with van der Waals surface area (Å²) in [7, 11) is 0. The SMILES string of the molecule is CC(C)(C)CC(=O)N1CC2C(C1)C2(C)C.CC(C)(C)OC(N)=O. The van der Waals surface area contributed by atoms with Crippen molar-refractivity contribution in [2.24, 2.45) is 28.4 Å². The van der Waals surface area contributed by atoms with Crippen molar-refractivity contribution in [1.82, 2.24) is 4.90 Å². The molecule has 2 fully saturated rings. The maximum atomic E-state index is 12.0. The van der Waals surface area contributed by atoms with Crippen molar-refractivity contribution in [3.05, 3.63) is 0 Å². The molecule has 2 amide bonds. The van der Waals surface area contributed by atoms with Crippen molar-refractivity contribution in [2.75, 3.05) is 13.1 Å². The maximum absolute atomic E-state index is 12.0. The second-order valence-electron chi connectivity index (χ2n) is 9.60. The van der Waals surface area contributed by atoms with Crippen LogP contribution in [0.3, 0.4) is 0 Å². The molecule has 0 aromatic heterocycles. The first-order chi connectivity index (χ1) is 10.1. The first-order valence-electron chi connectivity index (χ1n) is 8.40. The molecule has 0 bridgehead atoms. The van der Waals surface area contributed by atoms with Gasteiger partial charge in [-0.3, -0.25) is 4.79 Å². The summed E-state index contributed by atoms with van der Waals surface area (Å²) in [5, 5.41) is 0. The van der Waals surface area contributed by atoms with Crippen LogP contribution in [0.4, 0.5) is 4.79 Å². The molecule has 2 N–H and O–H groups in total. The van der Waals surface area contributed by atoms with E-state index in [9.17, 15) is 9.59 Å². The summed E-state index contributed by atoms with van der Waals surface area (Å²) in [6.45, 7) is 18.3. The molecule has 5 nitrogen and oxygen atoms in total. The van der Waals surface area contributed by atoms with Crippen molar-refractivity contribution >= 4 is 12.0 Å². The largest absolute Gasteiger partial charge is 0.444 e. The lowest BCUT2D eigenvalue weighted by Gasteiger charge is -2.26. The van der Waals surface area contributed by atoms with E-state index in [4.69, 9.17) is 5.73 Å². The van der Waals surface area contributed by atoms with Crippen molar-refractivity contribution in [1.29, 1.82) is 0 Å². The maximum Gasteiger partial charge on any atom is 0.405 e. The third-order valence-corrected chi connectivity index (χ3v) is 4.56. The third kappa shape index (κ3) is 6.04. The number of carbonyl (C=O) groups is 2. The Kier molecular flexibility index (Phi) is 5.44. The van der Waals surface area contributed by atoms with E-state index in [1.165, 1.54) is 0 Å². The van der Waals surface area contributed by atoms with E-state index in [1.807, 2.05) is 0 Å². The van der Waals surface area contributed by atoms with Crippen molar-refractivity contribution in [3.8, 4) is 0 Å². The van der Waals surface area contributed by atoms with Crippen LogP contribution in [-0.4, -0.2) is 35.6 Å². The predicted molar refractivity (Wildman–Crippen MR) is 91.8 cm³/mol. The van der Waals surface area contributed by atoms with Gasteiger partial charge in [0.05, 0.1) is 0 Å². The standard InChI is InChI=1S/C13H23NO.C5H11NO2/c1-12(2,3)6-11(15)14-7-9-10(8-14)13(9,4)5;1-5(2,3)8-4(6)7/h9-10H,6-8H2,1-5H3;1-3H3,(H2,6,7). The van der Waals surface area contributed by atoms with Gasteiger partial charge in [-0.2, -0.15) is 0 Å². The second kappa shape index (κ2) is 6.33. The Balaban J connectivity index is 0.000000284. The molecular weight excluding hydrogens is 292 g/mol. The topological polar surface area (TPSA) is 72.6 Å². The van der Waals surface area contributed by atoms with Crippen LogP contribution in [0, 0.1) is 22.7 Å². The smallest absolute Gasteiger partial charge is 0.405 e. The predicted octanol–water partition coefficient (Wildman–Crippen LogP) is 3.42. The molecule has 134 valence electrons. The van der Waals surface area contributed by atoms with E-state index < -0.39 is 11.7 Å². The second-order valence-corrected chi connectivity index (χ2v) is 9.60. The molecule has 0 spiro atoms. The summed E-state index contributed by atoms with van der Waals surface area (Å²) in [5.41, 5.74) is 4.90. The summed E-state index contributed by atoms with van der Waals surface area (Å²) in [6, 6.07) is 0.